The first-order valence-electron chi connectivity index (χ1n) is 5.76. The number of hydrogen-bond donors (Lipinski definition) is 0. The summed E-state index contributed by atoms with van der Waals surface area (Å²) in [6.45, 7) is 8.43. The Bertz CT molecular complexity index is 315. The largest absolute Gasteiger partial charge is 0.207 e. The van der Waals surface area contributed by atoms with Crippen molar-refractivity contribution in [3.05, 3.63) is 35.1 Å². The molecule has 1 atom stereocenters. The number of hydrogen-bond acceptors (Lipinski definition) is 0. The third kappa shape index (κ3) is 3.65. The summed E-state index contributed by atoms with van der Waals surface area (Å²) in [5, 5.41) is 0. The van der Waals surface area contributed by atoms with Crippen molar-refractivity contribution in [1.29, 1.82) is 0 Å². The lowest BCUT2D eigenvalue weighted by molar-refractivity contribution is 0.514. The fourth-order valence-corrected chi connectivity index (χ4v) is 1.67. The van der Waals surface area contributed by atoms with Crippen LogP contribution in [0.25, 0.3) is 0 Å². The van der Waals surface area contributed by atoms with E-state index >= 15 is 0 Å². The van der Waals surface area contributed by atoms with Gasteiger partial charge in [-0.05, 0) is 42.4 Å². The smallest absolute Gasteiger partial charge is 0.126 e. The van der Waals surface area contributed by atoms with Gasteiger partial charge in [-0.15, -0.1) is 0 Å². The van der Waals surface area contributed by atoms with Crippen LogP contribution in [0.4, 0.5) is 4.39 Å². The molecule has 0 aromatic heterocycles. The highest BCUT2D eigenvalue weighted by Crippen LogP contribution is 2.24. The lowest BCUT2D eigenvalue weighted by Gasteiger charge is -2.13. The van der Waals surface area contributed by atoms with Crippen LogP contribution in [-0.4, -0.2) is 0 Å². The van der Waals surface area contributed by atoms with Crippen molar-refractivity contribution < 1.29 is 4.39 Å². The van der Waals surface area contributed by atoms with Crippen molar-refractivity contribution in [3.63, 3.8) is 0 Å². The van der Waals surface area contributed by atoms with Crippen LogP contribution >= 0.6 is 0 Å². The Labute approximate surface area is 92.5 Å². The van der Waals surface area contributed by atoms with E-state index in [2.05, 4.69) is 20.8 Å². The topological polar surface area (TPSA) is 0 Å². The van der Waals surface area contributed by atoms with E-state index in [0.717, 1.165) is 23.5 Å². The standard InChI is InChI=1S/C14H21F/c1-10(2)5-6-11(3)13-8-7-12(4)14(15)9-13/h7-11H,5-6H2,1-4H3. The summed E-state index contributed by atoms with van der Waals surface area (Å²) < 4.78 is 13.3. The van der Waals surface area contributed by atoms with Crippen LogP contribution in [0.1, 0.15) is 50.7 Å². The molecule has 1 unspecified atom stereocenters. The van der Waals surface area contributed by atoms with Crippen molar-refractivity contribution in [2.24, 2.45) is 5.92 Å². The summed E-state index contributed by atoms with van der Waals surface area (Å²) in [7, 11) is 0. The van der Waals surface area contributed by atoms with E-state index < -0.39 is 0 Å². The maximum absolute atomic E-state index is 13.3. The van der Waals surface area contributed by atoms with Crippen molar-refractivity contribution >= 4 is 0 Å². The number of halogens is 1. The molecule has 1 aromatic carbocycles. The first-order valence-corrected chi connectivity index (χ1v) is 5.76. The zero-order valence-corrected chi connectivity index (χ0v) is 10.2. The van der Waals surface area contributed by atoms with Gasteiger partial charge in [0.1, 0.15) is 5.82 Å². The molecule has 15 heavy (non-hydrogen) atoms. The van der Waals surface area contributed by atoms with Gasteiger partial charge in [0.25, 0.3) is 0 Å². The van der Waals surface area contributed by atoms with Crippen LogP contribution in [0, 0.1) is 18.7 Å². The van der Waals surface area contributed by atoms with E-state index in [4.69, 9.17) is 0 Å². The van der Waals surface area contributed by atoms with E-state index in [1.54, 1.807) is 13.0 Å². The number of rotatable bonds is 4. The van der Waals surface area contributed by atoms with Gasteiger partial charge in [0.05, 0.1) is 0 Å². The van der Waals surface area contributed by atoms with E-state index in [9.17, 15) is 4.39 Å². The van der Waals surface area contributed by atoms with Crippen LogP contribution in [0.15, 0.2) is 18.2 Å². The Morgan fingerprint density at radius 1 is 1.13 bits per heavy atom. The van der Waals surface area contributed by atoms with Crippen molar-refractivity contribution in [3.8, 4) is 0 Å². The zero-order chi connectivity index (χ0) is 11.4. The Morgan fingerprint density at radius 3 is 2.33 bits per heavy atom. The average molecular weight is 208 g/mol. The van der Waals surface area contributed by atoms with Crippen LogP contribution in [0.2, 0.25) is 0 Å². The normalized spacial score (nSPS) is 13.2. The Morgan fingerprint density at radius 2 is 1.80 bits per heavy atom. The predicted octanol–water partition coefficient (Wildman–Crippen LogP) is 4.67. The molecule has 0 heterocycles. The van der Waals surface area contributed by atoms with Gasteiger partial charge in [-0.2, -0.15) is 0 Å². The van der Waals surface area contributed by atoms with Gasteiger partial charge in [-0.3, -0.25) is 0 Å². The second kappa shape index (κ2) is 5.29. The third-order valence-corrected chi connectivity index (χ3v) is 2.94. The minimum Gasteiger partial charge on any atom is -0.207 e. The highest BCUT2D eigenvalue weighted by molar-refractivity contribution is 5.25. The van der Waals surface area contributed by atoms with Gasteiger partial charge in [-0.25, -0.2) is 4.39 Å². The summed E-state index contributed by atoms with van der Waals surface area (Å²) in [6.07, 6.45) is 2.34. The lowest BCUT2D eigenvalue weighted by atomic mass is 9.92. The second-order valence-electron chi connectivity index (χ2n) is 4.88. The van der Waals surface area contributed by atoms with E-state index in [-0.39, 0.29) is 5.82 Å². The summed E-state index contributed by atoms with van der Waals surface area (Å²) in [5.41, 5.74) is 1.86. The predicted molar refractivity (Wildman–Crippen MR) is 63.6 cm³/mol. The molecule has 1 aromatic rings. The number of benzene rings is 1. The van der Waals surface area contributed by atoms with Crippen molar-refractivity contribution in [2.75, 3.05) is 0 Å². The second-order valence-corrected chi connectivity index (χ2v) is 4.88. The molecular weight excluding hydrogens is 187 g/mol. The molecule has 0 radical (unpaired) electrons. The fourth-order valence-electron chi connectivity index (χ4n) is 1.67. The van der Waals surface area contributed by atoms with Gasteiger partial charge in [0, 0.05) is 0 Å². The minimum atomic E-state index is -0.0797. The quantitative estimate of drug-likeness (QED) is 0.674. The van der Waals surface area contributed by atoms with Crippen LogP contribution in [-0.2, 0) is 0 Å². The molecule has 0 aliphatic heterocycles. The molecule has 0 fully saturated rings. The Kier molecular flexibility index (Phi) is 4.31. The van der Waals surface area contributed by atoms with Gasteiger partial charge >= 0.3 is 0 Å². The lowest BCUT2D eigenvalue weighted by Crippen LogP contribution is -1.98. The molecule has 0 aliphatic carbocycles. The molecule has 0 aliphatic rings. The maximum Gasteiger partial charge on any atom is 0.126 e. The highest BCUT2D eigenvalue weighted by atomic mass is 19.1. The molecule has 1 heteroatoms. The molecule has 0 amide bonds. The molecule has 0 saturated heterocycles. The van der Waals surface area contributed by atoms with Crippen LogP contribution in [0.3, 0.4) is 0 Å². The monoisotopic (exact) mass is 208 g/mol. The molecule has 84 valence electrons. The first kappa shape index (κ1) is 12.2. The van der Waals surface area contributed by atoms with Crippen LogP contribution in [0.5, 0.6) is 0 Å². The van der Waals surface area contributed by atoms with Gasteiger partial charge < -0.3 is 0 Å². The van der Waals surface area contributed by atoms with Crippen molar-refractivity contribution in [2.45, 2.75) is 46.5 Å². The summed E-state index contributed by atoms with van der Waals surface area (Å²) in [5.74, 6) is 1.11. The Hall–Kier alpha value is -0.850. The molecule has 0 N–H and O–H groups in total. The fraction of sp³-hybridized carbons (Fsp3) is 0.571. The molecule has 0 spiro atoms. The highest BCUT2D eigenvalue weighted by Gasteiger charge is 2.08. The molecule has 1 rings (SSSR count). The van der Waals surface area contributed by atoms with Gasteiger partial charge in [-0.1, -0.05) is 39.3 Å². The minimum absolute atomic E-state index is 0.0797. The van der Waals surface area contributed by atoms with Gasteiger partial charge in [0.2, 0.25) is 0 Å². The zero-order valence-electron chi connectivity index (χ0n) is 10.2. The summed E-state index contributed by atoms with van der Waals surface area (Å²) in [4.78, 5) is 0. The first-order chi connectivity index (χ1) is 7.00. The van der Waals surface area contributed by atoms with E-state index in [1.807, 2.05) is 12.1 Å². The molecular formula is C14H21F. The summed E-state index contributed by atoms with van der Waals surface area (Å²) >= 11 is 0. The Balaban J connectivity index is 2.65. The van der Waals surface area contributed by atoms with Crippen LogP contribution < -0.4 is 0 Å². The average Bonchev–Trinajstić information content (AvgIpc) is 2.18. The number of aryl methyl sites for hydroxylation is 1. The SMILES string of the molecule is Cc1ccc(C(C)CCC(C)C)cc1F. The van der Waals surface area contributed by atoms with E-state index in [1.165, 1.54) is 6.42 Å². The summed E-state index contributed by atoms with van der Waals surface area (Å²) in [6, 6.07) is 5.60. The van der Waals surface area contributed by atoms with Crippen molar-refractivity contribution in [1.82, 2.24) is 0 Å². The molecule has 0 nitrogen and oxygen atoms in total. The molecule has 0 saturated carbocycles. The molecule has 0 bridgehead atoms. The van der Waals surface area contributed by atoms with E-state index in [0.29, 0.717) is 5.92 Å². The maximum atomic E-state index is 13.3. The van der Waals surface area contributed by atoms with Gasteiger partial charge in [0.15, 0.2) is 0 Å². The third-order valence-electron chi connectivity index (χ3n) is 2.94.